The summed E-state index contributed by atoms with van der Waals surface area (Å²) in [5.74, 6) is 1.93. The summed E-state index contributed by atoms with van der Waals surface area (Å²) >= 11 is 0. The third kappa shape index (κ3) is 8.09. The van der Waals surface area contributed by atoms with Gasteiger partial charge < -0.3 is 20.3 Å². The lowest BCUT2D eigenvalue weighted by Crippen LogP contribution is -2.52. The minimum Gasteiger partial charge on any atom is -0.444 e. The van der Waals surface area contributed by atoms with E-state index in [4.69, 9.17) is 11.2 Å². The van der Waals surface area contributed by atoms with E-state index in [9.17, 15) is 14.4 Å². The maximum Gasteiger partial charge on any atom is 0.408 e. The number of terminal acetylenes is 1. The summed E-state index contributed by atoms with van der Waals surface area (Å²) in [5, 5.41) is 7.78. The SMILES string of the molecule is C#Cc1ccc(C(C(=O)Nc2ccc3ccccc3c2)N(CC)C(=O)C(CC(C)C)NC(=O)OC(C)(C)C)cc1. The van der Waals surface area contributed by atoms with Gasteiger partial charge in [0.2, 0.25) is 5.91 Å². The molecule has 2 N–H and O–H groups in total. The molecule has 3 aromatic carbocycles. The maximum atomic E-state index is 14.0. The molecule has 7 heteroatoms. The first-order valence-corrected chi connectivity index (χ1v) is 13.6. The summed E-state index contributed by atoms with van der Waals surface area (Å²) in [7, 11) is 0. The van der Waals surface area contributed by atoms with Crippen LogP contribution in [-0.4, -0.2) is 41.0 Å². The van der Waals surface area contributed by atoms with E-state index in [0.717, 1.165) is 10.8 Å². The van der Waals surface area contributed by atoms with Crippen LogP contribution in [0.15, 0.2) is 66.7 Å². The lowest BCUT2D eigenvalue weighted by atomic mass is 9.98. The normalized spacial score (nSPS) is 12.8. The van der Waals surface area contributed by atoms with Crippen molar-refractivity contribution in [3.05, 3.63) is 77.9 Å². The first-order chi connectivity index (χ1) is 18.9. The van der Waals surface area contributed by atoms with Crippen LogP contribution in [0.1, 0.15) is 65.1 Å². The highest BCUT2D eigenvalue weighted by atomic mass is 16.6. The van der Waals surface area contributed by atoms with E-state index in [1.54, 1.807) is 45.0 Å². The molecule has 0 saturated carbocycles. The predicted octanol–water partition coefficient (Wildman–Crippen LogP) is 6.29. The van der Waals surface area contributed by atoms with Crippen LogP contribution in [0.3, 0.4) is 0 Å². The van der Waals surface area contributed by atoms with Crippen molar-refractivity contribution in [2.75, 3.05) is 11.9 Å². The van der Waals surface area contributed by atoms with E-state index in [2.05, 4.69) is 16.6 Å². The molecule has 0 heterocycles. The van der Waals surface area contributed by atoms with Gasteiger partial charge in [-0.3, -0.25) is 9.59 Å². The van der Waals surface area contributed by atoms with Crippen molar-refractivity contribution in [2.24, 2.45) is 5.92 Å². The first kappa shape index (κ1) is 30.2. The zero-order valence-corrected chi connectivity index (χ0v) is 24.2. The number of carbonyl (C=O) groups excluding carboxylic acids is 3. The fourth-order valence-electron chi connectivity index (χ4n) is 4.52. The third-order valence-corrected chi connectivity index (χ3v) is 6.29. The van der Waals surface area contributed by atoms with E-state index >= 15 is 0 Å². The molecular weight excluding hydrogens is 502 g/mol. The average Bonchev–Trinajstić information content (AvgIpc) is 2.89. The summed E-state index contributed by atoms with van der Waals surface area (Å²) in [6.07, 6.45) is 5.24. The Morgan fingerprint density at radius 1 is 0.975 bits per heavy atom. The number of benzene rings is 3. The molecule has 0 aliphatic heterocycles. The maximum absolute atomic E-state index is 14.0. The molecule has 7 nitrogen and oxygen atoms in total. The predicted molar refractivity (Wildman–Crippen MR) is 160 cm³/mol. The Hall–Kier alpha value is -4.31. The summed E-state index contributed by atoms with van der Waals surface area (Å²) in [4.78, 5) is 42.1. The molecule has 40 heavy (non-hydrogen) atoms. The Balaban J connectivity index is 1.98. The molecule has 2 unspecified atom stereocenters. The Labute approximate surface area is 237 Å². The van der Waals surface area contributed by atoms with Crippen LogP contribution in [0.2, 0.25) is 0 Å². The standard InChI is InChI=1S/C33H39N3O4/c1-8-23-14-16-25(17-15-23)29(30(37)34-27-19-18-24-12-10-11-13-26(24)21-27)36(9-2)31(38)28(20-22(3)4)35-32(39)40-33(5,6)7/h1,10-19,21-22,28-29H,9,20H2,2-7H3,(H,34,37)(H,35,39). The molecule has 0 fully saturated rings. The molecule has 0 spiro atoms. The third-order valence-electron chi connectivity index (χ3n) is 6.29. The molecule has 0 aromatic heterocycles. The lowest BCUT2D eigenvalue weighted by molar-refractivity contribution is -0.140. The second-order valence-electron chi connectivity index (χ2n) is 11.2. The molecule has 3 amide bonds. The van der Waals surface area contributed by atoms with Gasteiger partial charge in [0.15, 0.2) is 0 Å². The molecule has 0 bridgehead atoms. The van der Waals surface area contributed by atoms with Gasteiger partial charge in [0.25, 0.3) is 5.91 Å². The zero-order chi connectivity index (χ0) is 29.4. The highest BCUT2D eigenvalue weighted by molar-refractivity contribution is 6.00. The minimum absolute atomic E-state index is 0.0994. The van der Waals surface area contributed by atoms with Gasteiger partial charge in [-0.1, -0.05) is 62.2 Å². The van der Waals surface area contributed by atoms with Crippen LogP contribution >= 0.6 is 0 Å². The molecule has 2 atom stereocenters. The number of anilines is 1. The number of carbonyl (C=O) groups is 3. The average molecular weight is 542 g/mol. The van der Waals surface area contributed by atoms with Crippen molar-refractivity contribution in [2.45, 2.75) is 65.6 Å². The van der Waals surface area contributed by atoms with Gasteiger partial charge in [0.05, 0.1) is 0 Å². The van der Waals surface area contributed by atoms with E-state index < -0.39 is 23.8 Å². The summed E-state index contributed by atoms with van der Waals surface area (Å²) < 4.78 is 5.43. The van der Waals surface area contributed by atoms with Gasteiger partial charge in [0, 0.05) is 17.8 Å². The molecule has 3 rings (SSSR count). The topological polar surface area (TPSA) is 87.7 Å². The fourth-order valence-corrected chi connectivity index (χ4v) is 4.52. The van der Waals surface area contributed by atoms with Crippen molar-refractivity contribution in [3.8, 4) is 12.3 Å². The van der Waals surface area contributed by atoms with Crippen molar-refractivity contribution < 1.29 is 19.1 Å². The second kappa shape index (κ2) is 13.2. The number of alkyl carbamates (subject to hydrolysis) is 1. The van der Waals surface area contributed by atoms with Crippen LogP contribution in [0.4, 0.5) is 10.5 Å². The lowest BCUT2D eigenvalue weighted by Gasteiger charge is -2.34. The largest absolute Gasteiger partial charge is 0.444 e. The van der Waals surface area contributed by atoms with Crippen LogP contribution in [-0.2, 0) is 14.3 Å². The van der Waals surface area contributed by atoms with Gasteiger partial charge >= 0.3 is 6.09 Å². The molecule has 0 radical (unpaired) electrons. The molecule has 210 valence electrons. The van der Waals surface area contributed by atoms with Crippen molar-refractivity contribution in [1.82, 2.24) is 10.2 Å². The number of likely N-dealkylation sites (N-methyl/N-ethyl adjacent to an activating group) is 1. The fraction of sp³-hybridized carbons (Fsp3) is 0.364. The quantitative estimate of drug-likeness (QED) is 0.312. The number of hydrogen-bond acceptors (Lipinski definition) is 4. The number of fused-ring (bicyclic) bond motifs is 1. The number of nitrogens with one attached hydrogen (secondary N) is 2. The smallest absolute Gasteiger partial charge is 0.408 e. The molecule has 0 aliphatic rings. The minimum atomic E-state index is -0.967. The molecule has 3 aromatic rings. The number of nitrogens with zero attached hydrogens (tertiary/aromatic N) is 1. The summed E-state index contributed by atoms with van der Waals surface area (Å²) in [6, 6.07) is 18.7. The number of ether oxygens (including phenoxy) is 1. The van der Waals surface area contributed by atoms with Gasteiger partial charge in [-0.25, -0.2) is 4.79 Å². The highest BCUT2D eigenvalue weighted by Crippen LogP contribution is 2.27. The van der Waals surface area contributed by atoms with Crippen LogP contribution < -0.4 is 10.6 Å². The number of rotatable bonds is 9. The summed E-state index contributed by atoms with van der Waals surface area (Å²) in [5.41, 5.74) is 1.16. The Kier molecular flexibility index (Phi) is 9.95. The van der Waals surface area contributed by atoms with Crippen LogP contribution in [0.5, 0.6) is 0 Å². The Morgan fingerprint density at radius 3 is 2.20 bits per heavy atom. The van der Waals surface area contributed by atoms with Gasteiger partial charge in [-0.05, 0) is 80.6 Å². The highest BCUT2D eigenvalue weighted by Gasteiger charge is 2.36. The van der Waals surface area contributed by atoms with Crippen molar-refractivity contribution in [1.29, 1.82) is 0 Å². The van der Waals surface area contributed by atoms with Crippen LogP contribution in [0.25, 0.3) is 10.8 Å². The van der Waals surface area contributed by atoms with E-state index in [1.807, 2.05) is 63.2 Å². The number of hydrogen-bond donors (Lipinski definition) is 2. The Morgan fingerprint density at radius 2 is 1.62 bits per heavy atom. The monoisotopic (exact) mass is 541 g/mol. The molecule has 0 aliphatic carbocycles. The van der Waals surface area contributed by atoms with Gasteiger partial charge in [-0.2, -0.15) is 0 Å². The molecule has 0 saturated heterocycles. The van der Waals surface area contributed by atoms with Crippen molar-refractivity contribution in [3.63, 3.8) is 0 Å². The number of amides is 3. The van der Waals surface area contributed by atoms with E-state index in [-0.39, 0.29) is 24.3 Å². The second-order valence-corrected chi connectivity index (χ2v) is 11.2. The molecular formula is C33H39N3O4. The van der Waals surface area contributed by atoms with E-state index in [1.165, 1.54) is 4.90 Å². The Bertz CT molecular complexity index is 1380. The van der Waals surface area contributed by atoms with Crippen LogP contribution in [0, 0.1) is 18.3 Å². The summed E-state index contributed by atoms with van der Waals surface area (Å²) in [6.45, 7) is 11.3. The van der Waals surface area contributed by atoms with Gasteiger partial charge in [0.1, 0.15) is 17.7 Å². The van der Waals surface area contributed by atoms with E-state index in [0.29, 0.717) is 23.2 Å². The zero-order valence-electron chi connectivity index (χ0n) is 24.2. The first-order valence-electron chi connectivity index (χ1n) is 13.6. The van der Waals surface area contributed by atoms with Crippen molar-refractivity contribution >= 4 is 34.4 Å². The van der Waals surface area contributed by atoms with Gasteiger partial charge in [-0.15, -0.1) is 6.42 Å².